The number of aromatic nitrogens is 8. The Balaban J connectivity index is 0.000000276. The van der Waals surface area contributed by atoms with Crippen LogP contribution in [-0.4, -0.2) is 146 Å². The maximum absolute atomic E-state index is 9.73. The van der Waals surface area contributed by atoms with Crippen molar-refractivity contribution in [2.75, 3.05) is 68.0 Å². The Kier molecular flexibility index (Phi) is 34.5. The van der Waals surface area contributed by atoms with E-state index in [2.05, 4.69) is 119 Å². The molecule has 0 bridgehead atoms. The highest BCUT2D eigenvalue weighted by Gasteiger charge is 2.41. The van der Waals surface area contributed by atoms with Gasteiger partial charge in [0.2, 0.25) is 20.7 Å². The maximum Gasteiger partial charge on any atom is 0.259 e. The number of rotatable bonds is 34. The molecule has 10 rings (SSSR count). The van der Waals surface area contributed by atoms with E-state index in [9.17, 15) is 5.11 Å². The zero-order valence-corrected chi connectivity index (χ0v) is 64.7. The van der Waals surface area contributed by atoms with Crippen LogP contribution in [0.5, 0.6) is 23.0 Å². The molecule has 0 aliphatic carbocycles. The predicted molar refractivity (Wildman–Crippen MR) is 419 cm³/mol. The molecule has 0 aliphatic heterocycles. The van der Waals surface area contributed by atoms with Crippen molar-refractivity contribution in [3.63, 3.8) is 0 Å². The fourth-order valence-electron chi connectivity index (χ4n) is 11.8. The molecule has 4 aromatic heterocycles. The van der Waals surface area contributed by atoms with Crippen molar-refractivity contribution >= 4 is 73.7 Å². The van der Waals surface area contributed by atoms with Gasteiger partial charge in [-0.3, -0.25) is 0 Å². The molecule has 2 unspecified atom stereocenters. The molecular formula is C77H96ClIN12O10P2. The van der Waals surface area contributed by atoms with Crippen LogP contribution in [0.3, 0.4) is 0 Å². The first kappa shape index (κ1) is 84.1. The van der Waals surface area contributed by atoms with Gasteiger partial charge in [-0.1, -0.05) is 117 Å². The van der Waals surface area contributed by atoms with Crippen LogP contribution in [0.25, 0.3) is 32.0 Å². The van der Waals surface area contributed by atoms with E-state index in [1.165, 1.54) is 12.7 Å². The zero-order valence-electron chi connectivity index (χ0n) is 59.9. The summed E-state index contributed by atoms with van der Waals surface area (Å²) < 4.78 is 62.2. The Hall–Kier alpha value is -7.84. The fraction of sp³-hybridized carbons (Fsp3) is 0.377. The number of nitrogens with zero attached hydrogens (tertiary/aromatic N) is 12. The number of aliphatic hydroxyl groups is 1. The number of imidazole rings is 2. The Bertz CT molecular complexity index is 4080. The molecule has 26 heteroatoms. The van der Waals surface area contributed by atoms with Crippen molar-refractivity contribution in [2.45, 2.75) is 124 Å². The molecule has 10 aromatic rings. The smallest absolute Gasteiger partial charge is 0.259 e. The van der Waals surface area contributed by atoms with E-state index in [0.717, 1.165) is 56.4 Å². The van der Waals surface area contributed by atoms with Gasteiger partial charge in [-0.2, -0.15) is 0 Å². The minimum absolute atomic E-state index is 0. The van der Waals surface area contributed by atoms with Crippen molar-refractivity contribution in [3.05, 3.63) is 251 Å². The van der Waals surface area contributed by atoms with E-state index in [4.69, 9.17) is 76.3 Å². The van der Waals surface area contributed by atoms with Crippen LogP contribution in [0.15, 0.2) is 183 Å². The third kappa shape index (κ3) is 21.4. The minimum Gasteiger partial charge on any atom is -0.497 e. The SMILES string of the molecule is C.COc1ccc(C(OCc2nc3cncnc3n2CCO)(c2ccccc2)c2ccc(OC)cc2)cc1.I.[C-]#[N+]CCOP(Cl)N(C(C)C)C(C)C.[C-]#[N+]CCOP(OCCn1c(COC(c2ccccc2)(c2ccc(OC)cc2)c2ccc(OC)cc2)nc2cncnc21)N(C(C)C)C(C)C. The van der Waals surface area contributed by atoms with Crippen LogP contribution in [-0.2, 0) is 60.6 Å². The molecule has 2 atom stereocenters. The number of hydrogen-bond acceptors (Lipinski definition) is 18. The molecule has 22 nitrogen and oxygen atoms in total. The van der Waals surface area contributed by atoms with Crippen LogP contribution in [0, 0.1) is 13.1 Å². The third-order valence-corrected chi connectivity index (χ3v) is 20.9. The average molecular weight is 1570 g/mol. The number of ether oxygens (including phenoxy) is 6. The maximum atomic E-state index is 9.73. The van der Waals surface area contributed by atoms with E-state index >= 15 is 0 Å². The van der Waals surface area contributed by atoms with Crippen LogP contribution in [0.4, 0.5) is 0 Å². The van der Waals surface area contributed by atoms with Gasteiger partial charge in [0.05, 0.1) is 54.0 Å². The largest absolute Gasteiger partial charge is 0.497 e. The summed E-state index contributed by atoms with van der Waals surface area (Å²) in [5.41, 5.74) is 6.24. The van der Waals surface area contributed by atoms with Crippen LogP contribution >= 0.6 is 51.4 Å². The Morgan fingerprint density at radius 3 is 1.14 bits per heavy atom. The highest BCUT2D eigenvalue weighted by molar-refractivity contribution is 14.0. The molecule has 0 fully saturated rings. The summed E-state index contributed by atoms with van der Waals surface area (Å²) in [6, 6.07) is 53.0. The van der Waals surface area contributed by atoms with E-state index < -0.39 is 27.4 Å². The number of fused-ring (bicyclic) bond motifs is 2. The van der Waals surface area contributed by atoms with Crippen LogP contribution in [0.1, 0.15) is 108 Å². The summed E-state index contributed by atoms with van der Waals surface area (Å²) in [4.78, 5) is 33.6. The monoisotopic (exact) mass is 1570 g/mol. The van der Waals surface area contributed by atoms with Gasteiger partial charge in [0, 0.05) is 37.3 Å². The first-order valence-corrected chi connectivity index (χ1v) is 36.5. The van der Waals surface area contributed by atoms with Gasteiger partial charge in [-0.05, 0) is 149 Å². The molecule has 0 saturated heterocycles. The lowest BCUT2D eigenvalue weighted by atomic mass is 9.80. The number of hydrogen-bond donors (Lipinski definition) is 1. The molecule has 1 N–H and O–H groups in total. The molecular weight excluding hydrogens is 1480 g/mol. The van der Waals surface area contributed by atoms with E-state index in [1.807, 2.05) is 143 Å². The Morgan fingerprint density at radius 1 is 0.476 bits per heavy atom. The van der Waals surface area contributed by atoms with Crippen LogP contribution < -0.4 is 18.9 Å². The van der Waals surface area contributed by atoms with Crippen molar-refractivity contribution in [3.8, 4) is 23.0 Å². The Labute approximate surface area is 631 Å². The van der Waals surface area contributed by atoms with Crippen LogP contribution in [0.2, 0.25) is 0 Å². The molecule has 103 heavy (non-hydrogen) atoms. The number of methoxy groups -OCH3 is 4. The lowest BCUT2D eigenvalue weighted by Crippen LogP contribution is -2.34. The molecule has 4 heterocycles. The lowest BCUT2D eigenvalue weighted by Gasteiger charge is -2.36. The second kappa shape index (κ2) is 42.2. The van der Waals surface area contributed by atoms with Gasteiger partial charge in [0.15, 0.2) is 11.3 Å². The molecule has 0 radical (unpaired) electrons. The second-order valence-electron chi connectivity index (χ2n) is 24.0. The number of aliphatic hydroxyl groups excluding tert-OH is 1. The molecule has 0 aliphatic rings. The summed E-state index contributed by atoms with van der Waals surface area (Å²) in [6.07, 6.45) is 6.37. The molecule has 0 spiro atoms. The normalized spacial score (nSPS) is 12.1. The average Bonchev–Trinajstić information content (AvgIpc) is 1.08. The van der Waals surface area contributed by atoms with Gasteiger partial charge in [0.25, 0.3) is 8.53 Å². The van der Waals surface area contributed by atoms with E-state index in [0.29, 0.717) is 85.5 Å². The summed E-state index contributed by atoms with van der Waals surface area (Å²) in [6.45, 7) is 33.4. The zero-order chi connectivity index (χ0) is 72.3. The minimum atomic E-state index is -1.40. The summed E-state index contributed by atoms with van der Waals surface area (Å²) in [7, 11) is 4.13. The number of halogens is 2. The molecule has 6 aromatic carbocycles. The van der Waals surface area contributed by atoms with E-state index in [1.54, 1.807) is 40.8 Å². The standard InChI is InChI=1S/C38H45N6O5P.C29H28N4O4.C9H18ClN2OP.CH4.HI/c1-28(2)44(29(3)4)50(48-23-21-39-5)49-24-22-43-36(42-35-25-40-27-41-37(35)43)26-47-38(30-11-9-8-10-12-30,31-13-17-33(45-6)18-14-31)32-15-19-34(46-7)20-16-32;1-35-24-12-8-22(9-13-24)29(21-6-4-3-5-7-21,23-10-14-25(36-2)15-11-23)37-19-27-32-26-18-30-20-31-28(26)33(27)16-17-34;1-8(2)12(9(3)4)14(10)13-7-6-11-5;;/h8-20,25,27-29H,21-24,26H2,1-4,6-7H3;3-15,18,20,34H,16-17,19H2,1-2H3;8-9H,6-7H2,1-4H3;1H4;1H. The van der Waals surface area contributed by atoms with Gasteiger partial charge < -0.3 is 65.9 Å². The van der Waals surface area contributed by atoms with Crippen molar-refractivity contribution < 1.29 is 47.1 Å². The molecule has 0 saturated carbocycles. The molecule has 548 valence electrons. The highest BCUT2D eigenvalue weighted by atomic mass is 127. The first-order valence-electron chi connectivity index (χ1n) is 33.3. The predicted octanol–water partition coefficient (Wildman–Crippen LogP) is 16.8. The third-order valence-electron chi connectivity index (χ3n) is 16.3. The van der Waals surface area contributed by atoms with Gasteiger partial charge in [-0.15, -0.1) is 24.0 Å². The van der Waals surface area contributed by atoms with Crippen molar-refractivity contribution in [1.82, 2.24) is 48.4 Å². The highest BCUT2D eigenvalue weighted by Crippen LogP contribution is 2.50. The fourth-order valence-corrected chi connectivity index (χ4v) is 15.8. The van der Waals surface area contributed by atoms with Crippen molar-refractivity contribution in [1.29, 1.82) is 0 Å². The summed E-state index contributed by atoms with van der Waals surface area (Å²) in [5.74, 6) is 4.32. The topological polar surface area (TPSA) is 206 Å². The lowest BCUT2D eigenvalue weighted by molar-refractivity contribution is -0.00464. The summed E-state index contributed by atoms with van der Waals surface area (Å²) >= 11 is 6.14. The quantitative estimate of drug-likeness (QED) is 0.0131. The summed E-state index contributed by atoms with van der Waals surface area (Å²) in [5, 5.41) is 9.73. The Morgan fingerprint density at radius 2 is 0.806 bits per heavy atom. The van der Waals surface area contributed by atoms with Gasteiger partial charge >= 0.3 is 0 Å². The van der Waals surface area contributed by atoms with Gasteiger partial charge in [-0.25, -0.2) is 52.4 Å². The molecule has 0 amide bonds. The first-order chi connectivity index (χ1) is 49.0. The van der Waals surface area contributed by atoms with Gasteiger partial charge in [0.1, 0.15) is 96.0 Å². The van der Waals surface area contributed by atoms with E-state index in [-0.39, 0.29) is 69.9 Å². The number of benzene rings is 6. The van der Waals surface area contributed by atoms with Crippen molar-refractivity contribution in [2.24, 2.45) is 0 Å². The second-order valence-corrected chi connectivity index (χ2v) is 27.5.